The van der Waals surface area contributed by atoms with Crippen molar-refractivity contribution in [1.29, 1.82) is 0 Å². The predicted molar refractivity (Wildman–Crippen MR) is 70.8 cm³/mol. The Morgan fingerprint density at radius 3 is 2.47 bits per heavy atom. The minimum absolute atomic E-state index is 0.388. The molecule has 0 spiro atoms. The van der Waals surface area contributed by atoms with Crippen molar-refractivity contribution >= 4 is 5.95 Å². The molecule has 2 heterocycles. The number of nitrogens with two attached hydrogens (primary N) is 1. The van der Waals surface area contributed by atoms with Crippen molar-refractivity contribution < 1.29 is 0 Å². The summed E-state index contributed by atoms with van der Waals surface area (Å²) >= 11 is 0. The van der Waals surface area contributed by atoms with E-state index in [1.54, 1.807) is 0 Å². The molecule has 96 valence electrons. The van der Waals surface area contributed by atoms with Gasteiger partial charge in [0, 0.05) is 12.6 Å². The molecule has 1 aliphatic heterocycles. The standard InChI is InChI=1S/C13H24N4/c1-11(2)17-12(9-15-13(17)14)10-16-7-5-3-4-6-8-16/h9,11H,3-8,10H2,1-2H3,(H2,14,15). The molecule has 17 heavy (non-hydrogen) atoms. The molecule has 0 bridgehead atoms. The Balaban J connectivity index is 2.06. The molecule has 0 radical (unpaired) electrons. The van der Waals surface area contributed by atoms with Gasteiger partial charge in [-0.25, -0.2) is 4.98 Å². The van der Waals surface area contributed by atoms with Crippen LogP contribution in [0.15, 0.2) is 6.20 Å². The Morgan fingerprint density at radius 1 is 1.24 bits per heavy atom. The number of imidazole rings is 1. The number of aromatic nitrogens is 2. The molecule has 2 N–H and O–H groups in total. The zero-order chi connectivity index (χ0) is 12.3. The maximum absolute atomic E-state index is 5.91. The minimum Gasteiger partial charge on any atom is -0.369 e. The quantitative estimate of drug-likeness (QED) is 0.876. The number of hydrogen-bond donors (Lipinski definition) is 1. The summed E-state index contributed by atoms with van der Waals surface area (Å²) in [4.78, 5) is 6.77. The van der Waals surface area contributed by atoms with Crippen molar-refractivity contribution in [3.8, 4) is 0 Å². The first-order valence-electron chi connectivity index (χ1n) is 6.72. The first kappa shape index (κ1) is 12.4. The van der Waals surface area contributed by atoms with E-state index >= 15 is 0 Å². The second-order valence-electron chi connectivity index (χ2n) is 5.26. The van der Waals surface area contributed by atoms with Gasteiger partial charge in [-0.2, -0.15) is 0 Å². The van der Waals surface area contributed by atoms with Gasteiger partial charge < -0.3 is 10.3 Å². The molecule has 0 aliphatic carbocycles. The van der Waals surface area contributed by atoms with Gasteiger partial charge in [0.25, 0.3) is 0 Å². The predicted octanol–water partition coefficient (Wildman–Crippen LogP) is 2.42. The third-order valence-corrected chi connectivity index (χ3v) is 3.50. The molecule has 1 fully saturated rings. The van der Waals surface area contributed by atoms with Gasteiger partial charge in [0.15, 0.2) is 0 Å². The highest BCUT2D eigenvalue weighted by Crippen LogP contribution is 2.18. The second kappa shape index (κ2) is 5.54. The van der Waals surface area contributed by atoms with E-state index in [2.05, 4.69) is 28.3 Å². The van der Waals surface area contributed by atoms with Crippen molar-refractivity contribution in [1.82, 2.24) is 14.5 Å². The zero-order valence-electron chi connectivity index (χ0n) is 11.0. The molecule has 1 aliphatic rings. The highest BCUT2D eigenvalue weighted by Gasteiger charge is 2.15. The van der Waals surface area contributed by atoms with E-state index in [-0.39, 0.29) is 0 Å². The number of nitrogens with zero attached hydrogens (tertiary/aromatic N) is 3. The van der Waals surface area contributed by atoms with Crippen LogP contribution in [0.4, 0.5) is 5.95 Å². The van der Waals surface area contributed by atoms with Crippen LogP contribution in [-0.2, 0) is 6.54 Å². The summed E-state index contributed by atoms with van der Waals surface area (Å²) < 4.78 is 2.14. The third kappa shape index (κ3) is 3.00. The summed E-state index contributed by atoms with van der Waals surface area (Å²) in [5.74, 6) is 0.643. The average molecular weight is 236 g/mol. The van der Waals surface area contributed by atoms with Crippen molar-refractivity contribution in [3.63, 3.8) is 0 Å². The van der Waals surface area contributed by atoms with Crippen molar-refractivity contribution in [2.45, 2.75) is 52.1 Å². The lowest BCUT2D eigenvalue weighted by atomic mass is 10.2. The minimum atomic E-state index is 0.388. The van der Waals surface area contributed by atoms with Gasteiger partial charge in [0.1, 0.15) is 0 Å². The first-order valence-corrected chi connectivity index (χ1v) is 6.72. The molecule has 4 nitrogen and oxygen atoms in total. The van der Waals surface area contributed by atoms with E-state index in [1.807, 2.05) is 6.20 Å². The van der Waals surface area contributed by atoms with Crippen LogP contribution < -0.4 is 5.73 Å². The van der Waals surface area contributed by atoms with E-state index in [0.717, 1.165) is 6.54 Å². The number of anilines is 1. The van der Waals surface area contributed by atoms with E-state index < -0.39 is 0 Å². The van der Waals surface area contributed by atoms with Gasteiger partial charge in [0.05, 0.1) is 11.9 Å². The Bertz CT molecular complexity index is 348. The molecular weight excluding hydrogens is 212 g/mol. The molecule has 0 saturated carbocycles. The SMILES string of the molecule is CC(C)n1c(CN2CCCCCC2)cnc1N. The molecule has 1 saturated heterocycles. The second-order valence-corrected chi connectivity index (χ2v) is 5.26. The van der Waals surface area contributed by atoms with Gasteiger partial charge >= 0.3 is 0 Å². The van der Waals surface area contributed by atoms with Crippen molar-refractivity contribution in [2.24, 2.45) is 0 Å². The fourth-order valence-electron chi connectivity index (χ4n) is 2.65. The van der Waals surface area contributed by atoms with Crippen LogP contribution in [0.2, 0.25) is 0 Å². The molecule has 1 aromatic heterocycles. The molecule has 1 aromatic rings. The molecule has 4 heteroatoms. The average Bonchev–Trinajstić information content (AvgIpc) is 2.51. The highest BCUT2D eigenvalue weighted by molar-refractivity contribution is 5.23. The van der Waals surface area contributed by atoms with Gasteiger partial charge in [-0.3, -0.25) is 4.90 Å². The van der Waals surface area contributed by atoms with Gasteiger partial charge in [-0.05, 0) is 39.8 Å². The van der Waals surface area contributed by atoms with Crippen LogP contribution in [-0.4, -0.2) is 27.5 Å². The highest BCUT2D eigenvalue weighted by atomic mass is 15.2. The van der Waals surface area contributed by atoms with Gasteiger partial charge in [-0.15, -0.1) is 0 Å². The number of rotatable bonds is 3. The topological polar surface area (TPSA) is 47.1 Å². The normalized spacial score (nSPS) is 18.5. The smallest absolute Gasteiger partial charge is 0.200 e. The number of likely N-dealkylation sites (tertiary alicyclic amines) is 1. The van der Waals surface area contributed by atoms with Crippen LogP contribution in [0.3, 0.4) is 0 Å². The van der Waals surface area contributed by atoms with E-state index in [9.17, 15) is 0 Å². The van der Waals surface area contributed by atoms with E-state index in [1.165, 1.54) is 44.5 Å². The number of hydrogen-bond acceptors (Lipinski definition) is 3. The van der Waals surface area contributed by atoms with Crippen molar-refractivity contribution in [2.75, 3.05) is 18.8 Å². The van der Waals surface area contributed by atoms with Crippen LogP contribution in [0, 0.1) is 0 Å². The van der Waals surface area contributed by atoms with Crippen LogP contribution >= 0.6 is 0 Å². The van der Waals surface area contributed by atoms with Crippen LogP contribution in [0.5, 0.6) is 0 Å². The molecular formula is C13H24N4. The van der Waals surface area contributed by atoms with Gasteiger partial charge in [-0.1, -0.05) is 12.8 Å². The lowest BCUT2D eigenvalue weighted by molar-refractivity contribution is 0.268. The molecule has 0 atom stereocenters. The Labute approximate surface area is 104 Å². The Hall–Kier alpha value is -1.03. The zero-order valence-corrected chi connectivity index (χ0v) is 11.0. The summed E-state index contributed by atoms with van der Waals surface area (Å²) in [5.41, 5.74) is 7.16. The summed E-state index contributed by atoms with van der Waals surface area (Å²) in [6.45, 7) is 7.72. The Morgan fingerprint density at radius 2 is 1.88 bits per heavy atom. The maximum Gasteiger partial charge on any atom is 0.200 e. The lowest BCUT2D eigenvalue weighted by Gasteiger charge is -2.22. The summed E-state index contributed by atoms with van der Waals surface area (Å²) in [6, 6.07) is 0.388. The largest absolute Gasteiger partial charge is 0.369 e. The molecule has 0 amide bonds. The Kier molecular flexibility index (Phi) is 4.05. The fraction of sp³-hybridized carbons (Fsp3) is 0.769. The van der Waals surface area contributed by atoms with E-state index in [0.29, 0.717) is 12.0 Å². The summed E-state index contributed by atoms with van der Waals surface area (Å²) in [6.07, 6.45) is 7.33. The molecule has 0 aromatic carbocycles. The van der Waals surface area contributed by atoms with Crippen LogP contribution in [0.25, 0.3) is 0 Å². The summed E-state index contributed by atoms with van der Waals surface area (Å²) in [7, 11) is 0. The maximum atomic E-state index is 5.91. The fourth-order valence-corrected chi connectivity index (χ4v) is 2.65. The lowest BCUT2D eigenvalue weighted by Crippen LogP contribution is -2.26. The summed E-state index contributed by atoms with van der Waals surface area (Å²) in [5, 5.41) is 0. The third-order valence-electron chi connectivity index (χ3n) is 3.50. The van der Waals surface area contributed by atoms with Crippen LogP contribution in [0.1, 0.15) is 51.3 Å². The van der Waals surface area contributed by atoms with Crippen molar-refractivity contribution in [3.05, 3.63) is 11.9 Å². The van der Waals surface area contributed by atoms with E-state index in [4.69, 9.17) is 5.73 Å². The van der Waals surface area contributed by atoms with Gasteiger partial charge in [0.2, 0.25) is 5.95 Å². The first-order chi connectivity index (χ1) is 8.18. The molecule has 2 rings (SSSR count). The molecule has 0 unspecified atom stereocenters. The monoisotopic (exact) mass is 236 g/mol. The number of nitrogen functional groups attached to an aromatic ring is 1.